The van der Waals surface area contributed by atoms with Crippen LogP contribution < -0.4 is 31.9 Å². The summed E-state index contributed by atoms with van der Waals surface area (Å²) in [7, 11) is 9.70. The van der Waals surface area contributed by atoms with E-state index in [1.165, 1.54) is 21.6 Å². The van der Waals surface area contributed by atoms with Crippen molar-refractivity contribution < 1.29 is 19.2 Å². The number of nitrogens with one attached hydrogen (secondary N) is 6. The van der Waals surface area contributed by atoms with Gasteiger partial charge >= 0.3 is 12.1 Å². The summed E-state index contributed by atoms with van der Waals surface area (Å²) >= 11 is 0. The first-order valence-corrected chi connectivity index (χ1v) is 10.8. The van der Waals surface area contributed by atoms with Gasteiger partial charge in [-0.3, -0.25) is 19.4 Å². The van der Waals surface area contributed by atoms with Crippen molar-refractivity contribution >= 4 is 45.5 Å². The average molecular weight is 439 g/mol. The third kappa shape index (κ3) is 17.5. The number of nitrogens with zero attached hydrogens (tertiary/aromatic N) is 2. The summed E-state index contributed by atoms with van der Waals surface area (Å²) in [4.78, 5) is 49.5. The van der Waals surface area contributed by atoms with E-state index in [1.54, 1.807) is 9.80 Å². The average Bonchev–Trinajstić information content (AvgIpc) is 2.61. The molecule has 0 saturated heterocycles. The Morgan fingerprint density at radius 3 is 1.29 bits per heavy atom. The van der Waals surface area contributed by atoms with Crippen LogP contribution in [0, 0.1) is 0 Å². The van der Waals surface area contributed by atoms with Crippen LogP contribution in [0.2, 0.25) is 0 Å². The van der Waals surface area contributed by atoms with E-state index < -0.39 is 0 Å². The van der Waals surface area contributed by atoms with E-state index in [0.717, 1.165) is 0 Å². The first-order valence-electron chi connectivity index (χ1n) is 8.31. The highest BCUT2D eigenvalue weighted by Crippen LogP contribution is 2.19. The smallest absolute Gasteiger partial charge is 0.317 e. The Morgan fingerprint density at radius 2 is 0.964 bits per heavy atom. The minimum atomic E-state index is -0.378. The molecule has 0 heterocycles. The molecule has 12 nitrogen and oxygen atoms in total. The normalized spacial score (nSPS) is 10.4. The summed E-state index contributed by atoms with van der Waals surface area (Å²) in [5, 5.41) is 15.3. The molecule has 0 aliphatic heterocycles. The van der Waals surface area contributed by atoms with Crippen molar-refractivity contribution in [2.24, 2.45) is 0 Å². The first kappa shape index (κ1) is 26.1. The van der Waals surface area contributed by atoms with E-state index in [9.17, 15) is 19.2 Å². The van der Waals surface area contributed by atoms with Gasteiger partial charge in [-0.25, -0.2) is 9.59 Å². The van der Waals surface area contributed by atoms with Gasteiger partial charge in [-0.1, -0.05) is 21.6 Å². The predicted octanol–water partition coefficient (Wildman–Crippen LogP) is -1.85. The Kier molecular flexibility index (Phi) is 15.0. The minimum Gasteiger partial charge on any atom is -0.338 e. The molecule has 28 heavy (non-hydrogen) atoms. The lowest BCUT2D eigenvalue weighted by Gasteiger charge is -2.12. The second-order valence-electron chi connectivity index (χ2n) is 5.92. The Balaban J connectivity index is 3.59. The molecule has 0 bridgehead atoms. The van der Waals surface area contributed by atoms with Crippen LogP contribution in [0.25, 0.3) is 0 Å². The molecule has 0 aliphatic rings. The quantitative estimate of drug-likeness (QED) is 0.112. The Bertz CT molecular complexity index is 464. The SMILES string of the molecule is CN(C)CNC(=O)NCNC(=O)CSSCC(=O)NCNC(=O)NCN(C)C. The molecule has 6 amide bonds. The minimum absolute atomic E-state index is 0.0192. The predicted molar refractivity (Wildman–Crippen MR) is 111 cm³/mol. The summed E-state index contributed by atoms with van der Waals surface area (Å²) in [5.41, 5.74) is 0. The summed E-state index contributed by atoms with van der Waals surface area (Å²) in [6, 6.07) is -0.756. The Hall–Kier alpha value is -1.90. The van der Waals surface area contributed by atoms with Gasteiger partial charge in [0.25, 0.3) is 0 Å². The van der Waals surface area contributed by atoms with Gasteiger partial charge in [-0.2, -0.15) is 0 Å². The molecule has 0 atom stereocenters. The van der Waals surface area contributed by atoms with Crippen LogP contribution in [0.4, 0.5) is 9.59 Å². The van der Waals surface area contributed by atoms with Gasteiger partial charge in [-0.15, -0.1) is 0 Å². The zero-order chi connectivity index (χ0) is 21.4. The van der Waals surface area contributed by atoms with Gasteiger partial charge in [0.2, 0.25) is 11.8 Å². The molecule has 0 aromatic rings. The van der Waals surface area contributed by atoms with Crippen molar-refractivity contribution in [1.82, 2.24) is 41.7 Å². The topological polar surface area (TPSA) is 147 Å². The fraction of sp³-hybridized carbons (Fsp3) is 0.714. The number of hydrogen-bond donors (Lipinski definition) is 6. The number of hydrogen-bond acceptors (Lipinski definition) is 8. The maximum absolute atomic E-state index is 11.6. The fourth-order valence-corrected chi connectivity index (χ4v) is 3.05. The van der Waals surface area contributed by atoms with Gasteiger partial charge in [-0.05, 0) is 28.2 Å². The molecule has 6 N–H and O–H groups in total. The lowest BCUT2D eigenvalue weighted by molar-refractivity contribution is -0.119. The van der Waals surface area contributed by atoms with Crippen LogP contribution in [0.3, 0.4) is 0 Å². The van der Waals surface area contributed by atoms with E-state index in [-0.39, 0.29) is 48.7 Å². The molecular weight excluding hydrogens is 408 g/mol. The highest BCUT2D eigenvalue weighted by molar-refractivity contribution is 8.77. The van der Waals surface area contributed by atoms with Crippen molar-refractivity contribution in [1.29, 1.82) is 0 Å². The Morgan fingerprint density at radius 1 is 0.607 bits per heavy atom. The second-order valence-corrected chi connectivity index (χ2v) is 8.38. The molecule has 0 aromatic carbocycles. The molecule has 162 valence electrons. The van der Waals surface area contributed by atoms with Crippen molar-refractivity contribution in [3.05, 3.63) is 0 Å². The highest BCUT2D eigenvalue weighted by Gasteiger charge is 2.06. The molecule has 0 radical (unpaired) electrons. The lowest BCUT2D eigenvalue weighted by Crippen LogP contribution is -2.45. The Labute approximate surface area is 173 Å². The van der Waals surface area contributed by atoms with Gasteiger partial charge < -0.3 is 31.9 Å². The van der Waals surface area contributed by atoms with E-state index in [1.807, 2.05) is 28.2 Å². The van der Waals surface area contributed by atoms with Crippen molar-refractivity contribution in [2.45, 2.75) is 0 Å². The molecular formula is C14H30N8O4S2. The maximum Gasteiger partial charge on any atom is 0.317 e. The molecule has 14 heteroatoms. The molecule has 0 aliphatic carbocycles. The largest absolute Gasteiger partial charge is 0.338 e. The van der Waals surface area contributed by atoms with Crippen molar-refractivity contribution in [2.75, 3.05) is 66.4 Å². The zero-order valence-electron chi connectivity index (χ0n) is 16.6. The van der Waals surface area contributed by atoms with Gasteiger partial charge in [0.15, 0.2) is 0 Å². The van der Waals surface area contributed by atoms with Crippen LogP contribution in [0.5, 0.6) is 0 Å². The maximum atomic E-state index is 11.6. The van der Waals surface area contributed by atoms with E-state index in [0.29, 0.717) is 13.3 Å². The fourth-order valence-electron chi connectivity index (χ4n) is 1.32. The molecule has 0 unspecified atom stereocenters. The number of urea groups is 2. The summed E-state index contributed by atoms with van der Waals surface area (Å²) < 4.78 is 0. The van der Waals surface area contributed by atoms with Crippen LogP contribution >= 0.6 is 21.6 Å². The monoisotopic (exact) mass is 438 g/mol. The highest BCUT2D eigenvalue weighted by atomic mass is 33.1. The van der Waals surface area contributed by atoms with Crippen molar-refractivity contribution in [3.8, 4) is 0 Å². The van der Waals surface area contributed by atoms with Gasteiger partial charge in [0, 0.05) is 0 Å². The molecule has 0 spiro atoms. The van der Waals surface area contributed by atoms with Crippen molar-refractivity contribution in [3.63, 3.8) is 0 Å². The summed E-state index contributed by atoms with van der Waals surface area (Å²) in [5.74, 6) is -0.232. The first-order chi connectivity index (χ1) is 13.2. The van der Waals surface area contributed by atoms with Gasteiger partial charge in [0.05, 0.1) is 38.2 Å². The number of carbonyl (C=O) groups excluding carboxylic acids is 4. The lowest BCUT2D eigenvalue weighted by atomic mass is 10.7. The van der Waals surface area contributed by atoms with E-state index >= 15 is 0 Å². The van der Waals surface area contributed by atoms with Crippen LogP contribution in [-0.2, 0) is 9.59 Å². The summed E-state index contributed by atoms with van der Waals surface area (Å²) in [6.07, 6.45) is 0. The second kappa shape index (κ2) is 16.1. The third-order valence-electron chi connectivity index (χ3n) is 2.64. The van der Waals surface area contributed by atoms with Crippen LogP contribution in [-0.4, -0.2) is 100 Å². The molecule has 0 saturated carbocycles. The van der Waals surface area contributed by atoms with Gasteiger partial charge in [0.1, 0.15) is 0 Å². The molecule has 0 fully saturated rings. The summed E-state index contributed by atoms with van der Waals surface area (Å²) in [6.45, 7) is 0.825. The van der Waals surface area contributed by atoms with E-state index in [4.69, 9.17) is 0 Å². The molecule has 0 rings (SSSR count). The number of rotatable bonds is 13. The van der Waals surface area contributed by atoms with Crippen LogP contribution in [0.15, 0.2) is 0 Å². The van der Waals surface area contributed by atoms with E-state index in [2.05, 4.69) is 31.9 Å². The number of carbonyl (C=O) groups is 4. The zero-order valence-corrected chi connectivity index (χ0v) is 18.2. The number of amides is 6. The standard InChI is InChI=1S/C14H30N8O4S2/c1-21(2)9-19-13(25)17-7-15-11(23)5-27-28-6-12(24)16-8-18-14(26)20-10-22(3)4/h5-10H2,1-4H3,(H,15,23)(H,16,24)(H2,17,19,25)(H2,18,20,26). The molecule has 0 aromatic heterocycles. The van der Waals surface area contributed by atoms with Crippen LogP contribution in [0.1, 0.15) is 0 Å². The third-order valence-corrected chi connectivity index (χ3v) is 4.78.